The molecule has 0 fully saturated rings. The highest BCUT2D eigenvalue weighted by Gasteiger charge is 2.12. The number of fused-ring (bicyclic) bond motifs is 1. The first-order chi connectivity index (χ1) is 18.8. The van der Waals surface area contributed by atoms with Gasteiger partial charge in [-0.3, -0.25) is 4.79 Å². The van der Waals surface area contributed by atoms with Gasteiger partial charge >= 0.3 is 5.97 Å². The van der Waals surface area contributed by atoms with Gasteiger partial charge in [-0.25, -0.2) is 10.2 Å². The Kier molecular flexibility index (Phi) is 8.78. The Morgan fingerprint density at radius 3 is 2.38 bits per heavy atom. The van der Waals surface area contributed by atoms with E-state index >= 15 is 0 Å². The van der Waals surface area contributed by atoms with Crippen LogP contribution in [0.2, 0.25) is 0 Å². The number of phenols is 1. The Bertz CT molecular complexity index is 1500. The average Bonchev–Trinajstić information content (AvgIpc) is 2.94. The van der Waals surface area contributed by atoms with Gasteiger partial charge in [0.1, 0.15) is 23.9 Å². The van der Waals surface area contributed by atoms with E-state index in [-0.39, 0.29) is 29.8 Å². The molecule has 8 nitrogen and oxygen atoms in total. The van der Waals surface area contributed by atoms with E-state index in [4.69, 9.17) is 14.2 Å². The number of carbonyl (C=O) groups is 2. The van der Waals surface area contributed by atoms with Crippen molar-refractivity contribution in [3.8, 4) is 17.2 Å². The van der Waals surface area contributed by atoms with Gasteiger partial charge in [0, 0.05) is 5.56 Å². The molecule has 0 heterocycles. The minimum atomic E-state index is -0.525. The molecule has 0 aliphatic heterocycles. The molecule has 4 rings (SSSR count). The van der Waals surface area contributed by atoms with Crippen LogP contribution in [0.15, 0.2) is 84.0 Å². The van der Waals surface area contributed by atoms with Gasteiger partial charge in [0.05, 0.1) is 31.1 Å². The molecular weight excluding hydrogens is 496 g/mol. The molecule has 8 heteroatoms. The lowest BCUT2D eigenvalue weighted by atomic mass is 10.1. The number of rotatable bonds is 10. The van der Waals surface area contributed by atoms with Crippen LogP contribution in [0.5, 0.6) is 17.2 Å². The first-order valence-electron chi connectivity index (χ1n) is 12.5. The van der Waals surface area contributed by atoms with Crippen molar-refractivity contribution in [2.75, 3.05) is 13.7 Å². The Balaban J connectivity index is 1.39. The van der Waals surface area contributed by atoms with E-state index in [9.17, 15) is 14.7 Å². The Morgan fingerprint density at radius 1 is 0.974 bits per heavy atom. The lowest BCUT2D eigenvalue weighted by molar-refractivity contribution is 0.0458. The molecule has 0 saturated carbocycles. The van der Waals surface area contributed by atoms with Crippen LogP contribution in [0.1, 0.15) is 45.7 Å². The van der Waals surface area contributed by atoms with E-state index in [1.165, 1.54) is 6.21 Å². The molecule has 200 valence electrons. The number of methoxy groups -OCH3 is 1. The molecule has 0 unspecified atom stereocenters. The number of carbonyl (C=O) groups excluding carboxylic acids is 2. The second-order valence-corrected chi connectivity index (χ2v) is 9.29. The van der Waals surface area contributed by atoms with Gasteiger partial charge in [-0.05, 0) is 76.9 Å². The molecule has 0 bridgehead atoms. The highest BCUT2D eigenvalue weighted by atomic mass is 16.5. The number of benzene rings is 4. The first-order valence-corrected chi connectivity index (χ1v) is 12.5. The molecule has 2 N–H and O–H groups in total. The monoisotopic (exact) mass is 526 g/mol. The van der Waals surface area contributed by atoms with Crippen molar-refractivity contribution in [1.82, 2.24) is 5.43 Å². The van der Waals surface area contributed by atoms with Crippen LogP contribution in [0.25, 0.3) is 10.8 Å². The van der Waals surface area contributed by atoms with Gasteiger partial charge in [-0.1, -0.05) is 38.1 Å². The largest absolute Gasteiger partial charge is 0.507 e. The zero-order valence-corrected chi connectivity index (χ0v) is 22.0. The van der Waals surface area contributed by atoms with Crippen LogP contribution >= 0.6 is 0 Å². The van der Waals surface area contributed by atoms with Crippen molar-refractivity contribution in [2.45, 2.75) is 20.5 Å². The molecule has 0 atom stereocenters. The average molecular weight is 527 g/mol. The van der Waals surface area contributed by atoms with Crippen LogP contribution in [0, 0.1) is 5.92 Å². The number of phenolic OH excluding ortho intramolecular Hbond substituents is 1. The minimum Gasteiger partial charge on any atom is -0.507 e. The van der Waals surface area contributed by atoms with Crippen molar-refractivity contribution < 1.29 is 28.9 Å². The molecule has 0 radical (unpaired) electrons. The van der Waals surface area contributed by atoms with Crippen molar-refractivity contribution in [2.24, 2.45) is 11.0 Å². The van der Waals surface area contributed by atoms with Crippen molar-refractivity contribution in [1.29, 1.82) is 0 Å². The molecule has 4 aromatic rings. The van der Waals surface area contributed by atoms with E-state index < -0.39 is 5.91 Å². The third-order valence-electron chi connectivity index (χ3n) is 5.82. The highest BCUT2D eigenvalue weighted by Crippen LogP contribution is 2.25. The number of hydrogen-bond donors (Lipinski definition) is 2. The summed E-state index contributed by atoms with van der Waals surface area (Å²) in [5.74, 6) is 0.465. The molecule has 39 heavy (non-hydrogen) atoms. The summed E-state index contributed by atoms with van der Waals surface area (Å²) in [6.45, 7) is 4.53. The zero-order chi connectivity index (χ0) is 27.8. The second kappa shape index (κ2) is 12.6. The third-order valence-corrected chi connectivity index (χ3v) is 5.82. The fraction of sp³-hybridized carbons (Fsp3) is 0.194. The first kappa shape index (κ1) is 27.2. The molecular formula is C31H30N2O6. The number of amides is 1. The summed E-state index contributed by atoms with van der Waals surface area (Å²) in [4.78, 5) is 24.7. The lowest BCUT2D eigenvalue weighted by Gasteiger charge is -2.12. The summed E-state index contributed by atoms with van der Waals surface area (Å²) in [6.07, 6.45) is 1.50. The number of hydrazone groups is 1. The van der Waals surface area contributed by atoms with Gasteiger partial charge < -0.3 is 19.3 Å². The van der Waals surface area contributed by atoms with Gasteiger partial charge in [-0.15, -0.1) is 0 Å². The van der Waals surface area contributed by atoms with Crippen molar-refractivity contribution in [3.63, 3.8) is 0 Å². The van der Waals surface area contributed by atoms with Crippen molar-refractivity contribution >= 4 is 28.9 Å². The Morgan fingerprint density at radius 2 is 1.69 bits per heavy atom. The number of esters is 1. The normalized spacial score (nSPS) is 11.1. The van der Waals surface area contributed by atoms with Crippen LogP contribution in [-0.2, 0) is 11.3 Å². The number of aromatic hydroxyl groups is 1. The van der Waals surface area contributed by atoms with Crippen LogP contribution in [0.3, 0.4) is 0 Å². The summed E-state index contributed by atoms with van der Waals surface area (Å²) in [5.41, 5.74) is 4.52. The van der Waals surface area contributed by atoms with E-state index in [1.54, 1.807) is 55.6 Å². The molecule has 1 amide bonds. The highest BCUT2D eigenvalue weighted by molar-refractivity contribution is 6.01. The number of nitrogens with zero attached hydrogens (tertiary/aromatic N) is 1. The summed E-state index contributed by atoms with van der Waals surface area (Å²) >= 11 is 0. The standard InChI is InChI=1S/C31H30N2O6/c1-20(2)18-39-31(36)22-9-11-26(12-10-22)38-19-25-14-21(8-13-29(25)37-3)17-32-33-30(35)27-15-23-6-4-5-7-24(23)16-28(27)34/h4-17,20,34H,18-19H2,1-3H3,(H,33,35). The van der Waals surface area contributed by atoms with E-state index in [2.05, 4.69) is 10.5 Å². The van der Waals surface area contributed by atoms with Gasteiger partial charge in [0.15, 0.2) is 0 Å². The smallest absolute Gasteiger partial charge is 0.338 e. The predicted octanol–water partition coefficient (Wildman–Crippen LogP) is 5.71. The quantitative estimate of drug-likeness (QED) is 0.156. The SMILES string of the molecule is COc1ccc(C=NNC(=O)c2cc3ccccc3cc2O)cc1COc1ccc(C(=O)OCC(C)C)cc1. The lowest BCUT2D eigenvalue weighted by Crippen LogP contribution is -2.17. The van der Waals surface area contributed by atoms with E-state index in [0.717, 1.165) is 16.3 Å². The maximum atomic E-state index is 12.6. The van der Waals surface area contributed by atoms with Crippen molar-refractivity contribution in [3.05, 3.63) is 101 Å². The van der Waals surface area contributed by atoms with Crippen LogP contribution in [-0.4, -0.2) is 36.9 Å². The molecule has 0 saturated heterocycles. The van der Waals surface area contributed by atoms with E-state index in [1.807, 2.05) is 44.2 Å². The van der Waals surface area contributed by atoms with Gasteiger partial charge in [-0.2, -0.15) is 5.10 Å². The minimum absolute atomic E-state index is 0.120. The fourth-order valence-corrected chi connectivity index (χ4v) is 3.80. The summed E-state index contributed by atoms with van der Waals surface area (Å²) < 4.78 is 16.6. The van der Waals surface area contributed by atoms with Crippen LogP contribution < -0.4 is 14.9 Å². The number of nitrogens with one attached hydrogen (secondary N) is 1. The summed E-state index contributed by atoms with van der Waals surface area (Å²) in [5, 5.41) is 16.0. The number of ether oxygens (including phenoxy) is 3. The summed E-state index contributed by atoms with van der Waals surface area (Å²) in [7, 11) is 1.57. The summed E-state index contributed by atoms with van der Waals surface area (Å²) in [6, 6.07) is 22.8. The third kappa shape index (κ3) is 7.13. The predicted molar refractivity (Wildman–Crippen MR) is 150 cm³/mol. The molecule has 0 aromatic heterocycles. The molecule has 4 aromatic carbocycles. The maximum Gasteiger partial charge on any atom is 0.338 e. The zero-order valence-electron chi connectivity index (χ0n) is 22.0. The van der Waals surface area contributed by atoms with Gasteiger partial charge in [0.25, 0.3) is 5.91 Å². The fourth-order valence-electron chi connectivity index (χ4n) is 3.80. The molecule has 0 aliphatic carbocycles. The second-order valence-electron chi connectivity index (χ2n) is 9.29. The number of hydrogen-bond acceptors (Lipinski definition) is 7. The topological polar surface area (TPSA) is 106 Å². The Hall–Kier alpha value is -4.85. The van der Waals surface area contributed by atoms with Crippen LogP contribution in [0.4, 0.5) is 0 Å². The Labute approximate surface area is 226 Å². The molecule has 0 aliphatic rings. The molecule has 0 spiro atoms. The van der Waals surface area contributed by atoms with E-state index in [0.29, 0.717) is 29.2 Å². The maximum absolute atomic E-state index is 12.6. The van der Waals surface area contributed by atoms with Gasteiger partial charge in [0.2, 0.25) is 0 Å².